The molecule has 140 valence electrons. The van der Waals surface area contributed by atoms with Gasteiger partial charge < -0.3 is 10.1 Å². The molecule has 0 saturated carbocycles. The van der Waals surface area contributed by atoms with E-state index in [4.69, 9.17) is 9.57 Å². The lowest BCUT2D eigenvalue weighted by Gasteiger charge is -2.14. The predicted molar refractivity (Wildman–Crippen MR) is 108 cm³/mol. The number of hydrogen-bond donors (Lipinski definition) is 3. The SMILES string of the molecule is C=COCCONC(=O)c1ccc2[nH]ncc2c1Nc1ccc(I)cc1F. The van der Waals surface area contributed by atoms with Crippen LogP contribution in [0.3, 0.4) is 0 Å². The molecule has 0 aliphatic carbocycles. The number of H-pyrrole nitrogens is 1. The Morgan fingerprint density at radius 2 is 2.19 bits per heavy atom. The Morgan fingerprint density at radius 1 is 1.33 bits per heavy atom. The Hall–Kier alpha value is -2.66. The first-order chi connectivity index (χ1) is 13.1. The number of benzene rings is 2. The number of halogens is 2. The first-order valence-electron chi connectivity index (χ1n) is 7.93. The summed E-state index contributed by atoms with van der Waals surface area (Å²) in [5.41, 5.74) is 4.01. The van der Waals surface area contributed by atoms with Gasteiger partial charge in [0.15, 0.2) is 0 Å². The second kappa shape index (κ2) is 8.82. The normalized spacial score (nSPS) is 10.6. The maximum atomic E-state index is 14.3. The number of carbonyl (C=O) groups is 1. The standard InChI is InChI=1S/C18H16FIN4O3/c1-2-26-7-8-27-24-18(25)12-4-6-15-13(10-21-23-15)17(12)22-16-5-3-11(20)9-14(16)19/h2-6,9-10,22H,1,7-8H2,(H,21,23)(H,24,25). The highest BCUT2D eigenvalue weighted by Crippen LogP contribution is 2.31. The van der Waals surface area contributed by atoms with Gasteiger partial charge in [0.25, 0.3) is 5.91 Å². The molecule has 0 aliphatic rings. The minimum absolute atomic E-state index is 0.153. The number of fused-ring (bicyclic) bond motifs is 1. The van der Waals surface area contributed by atoms with Gasteiger partial charge in [0.2, 0.25) is 0 Å². The van der Waals surface area contributed by atoms with Gasteiger partial charge in [0.05, 0.1) is 34.9 Å². The molecule has 0 saturated heterocycles. The predicted octanol–water partition coefficient (Wildman–Crippen LogP) is 3.87. The van der Waals surface area contributed by atoms with Crippen molar-refractivity contribution in [2.45, 2.75) is 0 Å². The van der Waals surface area contributed by atoms with Crippen molar-refractivity contribution in [3.05, 3.63) is 64.3 Å². The van der Waals surface area contributed by atoms with Crippen molar-refractivity contribution in [3.8, 4) is 0 Å². The van der Waals surface area contributed by atoms with Crippen LogP contribution < -0.4 is 10.8 Å². The number of amides is 1. The highest BCUT2D eigenvalue weighted by Gasteiger charge is 2.17. The van der Waals surface area contributed by atoms with Crippen LogP contribution in [0.15, 0.2) is 49.4 Å². The van der Waals surface area contributed by atoms with E-state index in [1.807, 2.05) is 22.6 Å². The van der Waals surface area contributed by atoms with E-state index in [0.29, 0.717) is 16.6 Å². The molecule has 1 amide bonds. The summed E-state index contributed by atoms with van der Waals surface area (Å²) in [5, 5.41) is 10.5. The van der Waals surface area contributed by atoms with Crippen LogP contribution in [0, 0.1) is 9.39 Å². The average Bonchev–Trinajstić information content (AvgIpc) is 3.13. The van der Waals surface area contributed by atoms with Crippen LogP contribution in [-0.2, 0) is 9.57 Å². The molecule has 3 rings (SSSR count). The Balaban J connectivity index is 1.87. The zero-order chi connectivity index (χ0) is 19.2. The summed E-state index contributed by atoms with van der Waals surface area (Å²) in [7, 11) is 0. The number of aromatic amines is 1. The van der Waals surface area contributed by atoms with Gasteiger partial charge in [-0.3, -0.25) is 14.7 Å². The molecular formula is C18H16FIN4O3. The van der Waals surface area contributed by atoms with Gasteiger partial charge in [0.1, 0.15) is 19.0 Å². The molecule has 1 heterocycles. The Labute approximate surface area is 168 Å². The van der Waals surface area contributed by atoms with Crippen molar-refractivity contribution in [2.75, 3.05) is 18.5 Å². The van der Waals surface area contributed by atoms with Crippen LogP contribution in [0.1, 0.15) is 10.4 Å². The monoisotopic (exact) mass is 482 g/mol. The third-order valence-electron chi connectivity index (χ3n) is 3.65. The van der Waals surface area contributed by atoms with Crippen molar-refractivity contribution in [1.82, 2.24) is 15.7 Å². The molecule has 3 aromatic rings. The molecule has 0 unspecified atom stereocenters. The number of hydrogen-bond acceptors (Lipinski definition) is 5. The van der Waals surface area contributed by atoms with E-state index in [1.54, 1.807) is 30.5 Å². The largest absolute Gasteiger partial charge is 0.499 e. The van der Waals surface area contributed by atoms with Gasteiger partial charge in [-0.05, 0) is 52.9 Å². The zero-order valence-electron chi connectivity index (χ0n) is 14.1. The van der Waals surface area contributed by atoms with E-state index < -0.39 is 11.7 Å². The smallest absolute Gasteiger partial charge is 0.276 e. The van der Waals surface area contributed by atoms with Crippen molar-refractivity contribution in [2.24, 2.45) is 0 Å². The van der Waals surface area contributed by atoms with Crippen molar-refractivity contribution >= 4 is 50.8 Å². The van der Waals surface area contributed by atoms with E-state index >= 15 is 0 Å². The summed E-state index contributed by atoms with van der Waals surface area (Å²) in [5.74, 6) is -0.906. The lowest BCUT2D eigenvalue weighted by atomic mass is 10.1. The highest BCUT2D eigenvalue weighted by atomic mass is 127. The number of nitrogens with one attached hydrogen (secondary N) is 3. The lowest BCUT2D eigenvalue weighted by Crippen LogP contribution is -2.26. The summed E-state index contributed by atoms with van der Waals surface area (Å²) < 4.78 is 20.0. The van der Waals surface area contributed by atoms with Crippen LogP contribution >= 0.6 is 22.6 Å². The molecule has 9 heteroatoms. The number of anilines is 2. The molecule has 27 heavy (non-hydrogen) atoms. The summed E-state index contributed by atoms with van der Waals surface area (Å²) in [6, 6.07) is 8.10. The number of ether oxygens (including phenoxy) is 1. The minimum atomic E-state index is -0.481. The Morgan fingerprint density at radius 3 is 2.96 bits per heavy atom. The van der Waals surface area contributed by atoms with E-state index in [1.165, 1.54) is 12.3 Å². The maximum absolute atomic E-state index is 14.3. The number of aromatic nitrogens is 2. The van der Waals surface area contributed by atoms with Crippen molar-refractivity contribution in [1.29, 1.82) is 0 Å². The van der Waals surface area contributed by atoms with Crippen LogP contribution in [-0.4, -0.2) is 29.3 Å². The molecule has 3 N–H and O–H groups in total. The lowest BCUT2D eigenvalue weighted by molar-refractivity contribution is 0.0145. The van der Waals surface area contributed by atoms with Gasteiger partial charge in [-0.25, -0.2) is 9.87 Å². The van der Waals surface area contributed by atoms with E-state index in [9.17, 15) is 9.18 Å². The summed E-state index contributed by atoms with van der Waals surface area (Å²) >= 11 is 2.03. The third-order valence-corrected chi connectivity index (χ3v) is 4.32. The average molecular weight is 482 g/mol. The third kappa shape index (κ3) is 4.55. The minimum Gasteiger partial charge on any atom is -0.499 e. The molecule has 7 nitrogen and oxygen atoms in total. The van der Waals surface area contributed by atoms with Crippen molar-refractivity contribution < 1.29 is 18.8 Å². The van der Waals surface area contributed by atoms with Crippen molar-refractivity contribution in [3.63, 3.8) is 0 Å². The van der Waals surface area contributed by atoms with Gasteiger partial charge in [0, 0.05) is 8.96 Å². The number of hydroxylamine groups is 1. The number of carbonyl (C=O) groups excluding carboxylic acids is 1. The molecule has 0 radical (unpaired) electrons. The van der Waals surface area contributed by atoms with Gasteiger partial charge >= 0.3 is 0 Å². The Kier molecular flexibility index (Phi) is 6.24. The summed E-state index contributed by atoms with van der Waals surface area (Å²) in [6.07, 6.45) is 2.85. The fraction of sp³-hybridized carbons (Fsp3) is 0.111. The molecular weight excluding hydrogens is 466 g/mol. The molecule has 0 bridgehead atoms. The quantitative estimate of drug-likeness (QED) is 0.197. The second-order valence-corrected chi connectivity index (χ2v) is 6.63. The molecule has 0 spiro atoms. The second-order valence-electron chi connectivity index (χ2n) is 5.39. The Bertz CT molecular complexity index is 976. The highest BCUT2D eigenvalue weighted by molar-refractivity contribution is 14.1. The van der Waals surface area contributed by atoms with Gasteiger partial charge in [-0.2, -0.15) is 5.10 Å². The molecule has 2 aromatic carbocycles. The molecule has 0 aliphatic heterocycles. The topological polar surface area (TPSA) is 88.3 Å². The first kappa shape index (κ1) is 19.1. The van der Waals surface area contributed by atoms with Crippen LogP contribution in [0.2, 0.25) is 0 Å². The fourth-order valence-corrected chi connectivity index (χ4v) is 2.86. The molecule has 0 fully saturated rings. The molecule has 1 aromatic heterocycles. The zero-order valence-corrected chi connectivity index (χ0v) is 16.2. The van der Waals surface area contributed by atoms with E-state index in [-0.39, 0.29) is 24.5 Å². The number of nitrogens with zero attached hydrogens (tertiary/aromatic N) is 1. The van der Waals surface area contributed by atoms with Crippen LogP contribution in [0.4, 0.5) is 15.8 Å². The van der Waals surface area contributed by atoms with Crippen LogP contribution in [0.25, 0.3) is 10.9 Å². The van der Waals surface area contributed by atoms with E-state index in [2.05, 4.69) is 27.6 Å². The first-order valence-corrected chi connectivity index (χ1v) is 9.01. The fourth-order valence-electron chi connectivity index (χ4n) is 2.41. The van der Waals surface area contributed by atoms with Gasteiger partial charge in [-0.1, -0.05) is 6.58 Å². The van der Waals surface area contributed by atoms with Gasteiger partial charge in [-0.15, -0.1) is 0 Å². The number of rotatable bonds is 8. The van der Waals surface area contributed by atoms with Crippen LogP contribution in [0.5, 0.6) is 0 Å². The summed E-state index contributed by atoms with van der Waals surface area (Å²) in [6.45, 7) is 3.82. The summed E-state index contributed by atoms with van der Waals surface area (Å²) in [4.78, 5) is 17.6. The molecule has 0 atom stereocenters. The van der Waals surface area contributed by atoms with E-state index in [0.717, 1.165) is 3.57 Å². The maximum Gasteiger partial charge on any atom is 0.276 e.